The van der Waals surface area contributed by atoms with Crippen molar-refractivity contribution in [2.45, 2.75) is 33.3 Å². The molecule has 0 radical (unpaired) electrons. The second kappa shape index (κ2) is 9.45. The highest BCUT2D eigenvalue weighted by Gasteiger charge is 2.16. The van der Waals surface area contributed by atoms with Gasteiger partial charge in [-0.2, -0.15) is 0 Å². The van der Waals surface area contributed by atoms with Gasteiger partial charge in [0.1, 0.15) is 17.9 Å². The summed E-state index contributed by atoms with van der Waals surface area (Å²) in [4.78, 5) is 24.2. The van der Waals surface area contributed by atoms with Crippen molar-refractivity contribution in [1.29, 1.82) is 0 Å². The zero-order valence-electron chi connectivity index (χ0n) is 17.9. The average Bonchev–Trinajstić information content (AvgIpc) is 2.78. The highest BCUT2D eigenvalue weighted by molar-refractivity contribution is 6.32. The van der Waals surface area contributed by atoms with Crippen molar-refractivity contribution in [1.82, 2.24) is 0 Å². The van der Waals surface area contributed by atoms with Crippen molar-refractivity contribution in [3.05, 3.63) is 86.7 Å². The largest absolute Gasteiger partial charge is 0.487 e. The molecule has 32 heavy (non-hydrogen) atoms. The Morgan fingerprint density at radius 3 is 2.62 bits per heavy atom. The Labute approximate surface area is 190 Å². The van der Waals surface area contributed by atoms with Crippen molar-refractivity contribution in [3.63, 3.8) is 0 Å². The van der Waals surface area contributed by atoms with Crippen LogP contribution in [0.15, 0.2) is 63.8 Å². The molecule has 0 unspecified atom stereocenters. The summed E-state index contributed by atoms with van der Waals surface area (Å²) in [5.41, 5.74) is 2.12. The van der Waals surface area contributed by atoms with Gasteiger partial charge in [-0.3, -0.25) is 4.79 Å². The fourth-order valence-corrected chi connectivity index (χ4v) is 3.96. The van der Waals surface area contributed by atoms with Crippen LogP contribution in [0, 0.1) is 6.92 Å². The molecule has 0 aliphatic heterocycles. The first-order valence-corrected chi connectivity index (χ1v) is 10.9. The lowest BCUT2D eigenvalue weighted by molar-refractivity contribution is -0.143. The average molecular weight is 451 g/mol. The van der Waals surface area contributed by atoms with Gasteiger partial charge >= 0.3 is 11.6 Å². The normalized spacial score (nSPS) is 11.1. The van der Waals surface area contributed by atoms with Crippen molar-refractivity contribution in [2.24, 2.45) is 0 Å². The second-order valence-corrected chi connectivity index (χ2v) is 7.95. The van der Waals surface area contributed by atoms with Crippen molar-refractivity contribution in [3.8, 4) is 5.75 Å². The molecular formula is C26H23ClO5. The maximum atomic E-state index is 12.5. The Hall–Kier alpha value is -3.31. The number of fused-ring (bicyclic) bond motifs is 2. The molecule has 0 fully saturated rings. The standard InChI is InChI=1S/C26H23ClO5/c1-3-30-25(28)11-10-20-16(2)21-13-22(27)24(14-23(21)32-26(20)29)31-15-17-8-9-18-6-4-5-7-19(18)12-17/h4-9,12-14H,3,10-11,15H2,1-2H3. The number of rotatable bonds is 7. The lowest BCUT2D eigenvalue weighted by Gasteiger charge is -2.12. The molecule has 0 aliphatic rings. The fourth-order valence-electron chi connectivity index (χ4n) is 3.74. The summed E-state index contributed by atoms with van der Waals surface area (Å²) in [6, 6.07) is 17.6. The zero-order chi connectivity index (χ0) is 22.7. The van der Waals surface area contributed by atoms with E-state index in [-0.39, 0.29) is 18.8 Å². The Morgan fingerprint density at radius 2 is 1.84 bits per heavy atom. The van der Waals surface area contributed by atoms with Crippen LogP contribution < -0.4 is 10.4 Å². The lowest BCUT2D eigenvalue weighted by Crippen LogP contribution is -2.13. The van der Waals surface area contributed by atoms with Crippen LogP contribution in [-0.4, -0.2) is 12.6 Å². The van der Waals surface area contributed by atoms with E-state index in [4.69, 9.17) is 25.5 Å². The van der Waals surface area contributed by atoms with E-state index in [1.807, 2.05) is 25.1 Å². The minimum absolute atomic E-state index is 0.117. The monoisotopic (exact) mass is 450 g/mol. The summed E-state index contributed by atoms with van der Waals surface area (Å²) in [7, 11) is 0. The first-order valence-electron chi connectivity index (χ1n) is 10.5. The second-order valence-electron chi connectivity index (χ2n) is 7.55. The predicted molar refractivity (Wildman–Crippen MR) is 125 cm³/mol. The number of aryl methyl sites for hydroxylation is 1. The summed E-state index contributed by atoms with van der Waals surface area (Å²) >= 11 is 6.48. The number of esters is 1. The third-order valence-electron chi connectivity index (χ3n) is 5.43. The molecule has 0 saturated carbocycles. The molecule has 6 heteroatoms. The molecule has 0 aliphatic carbocycles. The van der Waals surface area contributed by atoms with Crippen molar-refractivity contribution < 1.29 is 18.7 Å². The van der Waals surface area contributed by atoms with Crippen molar-refractivity contribution in [2.75, 3.05) is 6.61 Å². The van der Waals surface area contributed by atoms with E-state index in [2.05, 4.69) is 24.3 Å². The van der Waals surface area contributed by atoms with Gasteiger partial charge in [0, 0.05) is 23.4 Å². The number of carbonyl (C=O) groups excluding carboxylic acids is 1. The molecule has 3 aromatic carbocycles. The molecule has 164 valence electrons. The number of hydrogen-bond acceptors (Lipinski definition) is 5. The maximum Gasteiger partial charge on any atom is 0.339 e. The van der Waals surface area contributed by atoms with Crippen LogP contribution in [0.3, 0.4) is 0 Å². The number of carbonyl (C=O) groups is 1. The molecule has 4 rings (SSSR count). The van der Waals surface area contributed by atoms with Gasteiger partial charge in [-0.15, -0.1) is 0 Å². The lowest BCUT2D eigenvalue weighted by atomic mass is 10.0. The van der Waals surface area contributed by atoms with E-state index in [0.717, 1.165) is 21.9 Å². The third kappa shape index (κ3) is 4.63. The molecule has 1 aromatic heterocycles. The molecule has 0 N–H and O–H groups in total. The molecule has 0 atom stereocenters. The number of ether oxygens (including phenoxy) is 2. The Morgan fingerprint density at radius 1 is 1.06 bits per heavy atom. The summed E-state index contributed by atoms with van der Waals surface area (Å²) < 4.78 is 16.4. The molecule has 0 saturated heterocycles. The van der Waals surface area contributed by atoms with E-state index in [1.165, 1.54) is 0 Å². The topological polar surface area (TPSA) is 65.7 Å². The van der Waals surface area contributed by atoms with Gasteiger partial charge in [0.25, 0.3) is 0 Å². The highest BCUT2D eigenvalue weighted by atomic mass is 35.5. The van der Waals surface area contributed by atoms with Gasteiger partial charge in [-0.1, -0.05) is 48.0 Å². The molecule has 4 aromatic rings. The Balaban J connectivity index is 1.58. The van der Waals surface area contributed by atoms with Crippen LogP contribution in [0.5, 0.6) is 5.75 Å². The van der Waals surface area contributed by atoms with E-state index in [9.17, 15) is 9.59 Å². The van der Waals surface area contributed by atoms with Crippen LogP contribution in [0.2, 0.25) is 5.02 Å². The first-order chi connectivity index (χ1) is 15.5. The van der Waals surface area contributed by atoms with Crippen LogP contribution >= 0.6 is 11.6 Å². The number of hydrogen-bond donors (Lipinski definition) is 0. The summed E-state index contributed by atoms with van der Waals surface area (Å²) in [6.07, 6.45) is 0.367. The van der Waals surface area contributed by atoms with Crippen LogP contribution in [-0.2, 0) is 22.6 Å². The number of halogens is 1. The summed E-state index contributed by atoms with van der Waals surface area (Å²) in [5.74, 6) is 0.0935. The molecular weight excluding hydrogens is 428 g/mol. The third-order valence-corrected chi connectivity index (χ3v) is 5.73. The van der Waals surface area contributed by atoms with E-state index in [1.54, 1.807) is 19.1 Å². The fraction of sp³-hybridized carbons (Fsp3) is 0.231. The minimum atomic E-state index is -0.470. The van der Waals surface area contributed by atoms with E-state index in [0.29, 0.717) is 40.5 Å². The molecule has 0 amide bonds. The van der Waals surface area contributed by atoms with Gasteiger partial charge < -0.3 is 13.9 Å². The first kappa shape index (κ1) is 21.9. The summed E-state index contributed by atoms with van der Waals surface area (Å²) in [6.45, 7) is 4.21. The Bertz CT molecular complexity index is 1360. The Kier molecular flexibility index (Phi) is 6.47. The van der Waals surface area contributed by atoms with E-state index >= 15 is 0 Å². The smallest absolute Gasteiger partial charge is 0.339 e. The molecule has 0 bridgehead atoms. The molecule has 1 heterocycles. The van der Waals surface area contributed by atoms with Gasteiger partial charge in [-0.25, -0.2) is 4.79 Å². The van der Waals surface area contributed by atoms with Crippen molar-refractivity contribution >= 4 is 39.3 Å². The minimum Gasteiger partial charge on any atom is -0.487 e. The quantitative estimate of drug-likeness (QED) is 0.256. The molecule has 0 spiro atoms. The predicted octanol–water partition coefficient (Wildman–Crippen LogP) is 5.98. The van der Waals surface area contributed by atoms with Gasteiger partial charge in [0.2, 0.25) is 0 Å². The van der Waals surface area contributed by atoms with Gasteiger partial charge in [0.05, 0.1) is 11.6 Å². The summed E-state index contributed by atoms with van der Waals surface area (Å²) in [5, 5.41) is 3.43. The van der Waals surface area contributed by atoms with E-state index < -0.39 is 5.63 Å². The van der Waals surface area contributed by atoms with Gasteiger partial charge in [0.15, 0.2) is 0 Å². The van der Waals surface area contributed by atoms with Crippen LogP contribution in [0.4, 0.5) is 0 Å². The molecule has 5 nitrogen and oxygen atoms in total. The van der Waals surface area contributed by atoms with Crippen LogP contribution in [0.1, 0.15) is 30.0 Å². The van der Waals surface area contributed by atoms with Crippen LogP contribution in [0.25, 0.3) is 21.7 Å². The highest BCUT2D eigenvalue weighted by Crippen LogP contribution is 2.32. The SMILES string of the molecule is CCOC(=O)CCc1c(C)c2cc(Cl)c(OCc3ccc4ccccc4c3)cc2oc1=O. The maximum absolute atomic E-state index is 12.5. The number of benzene rings is 3. The van der Waals surface area contributed by atoms with Gasteiger partial charge in [-0.05, 0) is 54.3 Å². The zero-order valence-corrected chi connectivity index (χ0v) is 18.7.